The van der Waals surface area contributed by atoms with E-state index in [-0.39, 0.29) is 23.2 Å². The van der Waals surface area contributed by atoms with Gasteiger partial charge in [-0.15, -0.1) is 11.3 Å². The number of anilines is 1. The molecule has 3 N–H and O–H groups in total. The van der Waals surface area contributed by atoms with Crippen molar-refractivity contribution in [1.29, 1.82) is 0 Å². The van der Waals surface area contributed by atoms with Crippen molar-refractivity contribution in [3.8, 4) is 11.5 Å². The molecule has 1 aromatic carbocycles. The van der Waals surface area contributed by atoms with Gasteiger partial charge in [0.25, 0.3) is 5.56 Å². The normalized spacial score (nSPS) is 20.4. The maximum absolute atomic E-state index is 13.4. The lowest BCUT2D eigenvalue weighted by Crippen LogP contribution is -2.31. The number of carbonyl (C=O) groups excluding carboxylic acids is 1. The van der Waals surface area contributed by atoms with Crippen LogP contribution in [0.3, 0.4) is 0 Å². The fourth-order valence-corrected chi connectivity index (χ4v) is 5.35. The van der Waals surface area contributed by atoms with Crippen LogP contribution >= 0.6 is 11.3 Å². The SMILES string of the molecule is COc1ccc([C@@H]2CC(=O)C3=C(C2)Nc2[nH][nH]c(=O)c2[C@H]3c2cccs2)cc1OC. The monoisotopic (exact) mass is 423 g/mol. The van der Waals surface area contributed by atoms with Gasteiger partial charge in [-0.25, -0.2) is 0 Å². The van der Waals surface area contributed by atoms with E-state index in [1.54, 1.807) is 25.6 Å². The molecule has 154 valence electrons. The summed E-state index contributed by atoms with van der Waals surface area (Å²) in [5, 5.41) is 10.9. The number of ether oxygens (including phenoxy) is 2. The van der Waals surface area contributed by atoms with Crippen LogP contribution < -0.4 is 20.3 Å². The van der Waals surface area contributed by atoms with Crippen LogP contribution in [0.4, 0.5) is 5.82 Å². The number of hydrogen-bond donors (Lipinski definition) is 3. The molecule has 0 bridgehead atoms. The molecule has 2 aliphatic rings. The second-order valence-electron chi connectivity index (χ2n) is 7.48. The molecular weight excluding hydrogens is 402 g/mol. The Kier molecular flexibility index (Phi) is 4.51. The number of nitrogens with one attached hydrogen (secondary N) is 3. The number of fused-ring (bicyclic) bond motifs is 1. The molecular formula is C22H21N3O4S. The van der Waals surface area contributed by atoms with E-state index in [4.69, 9.17) is 9.47 Å². The third kappa shape index (κ3) is 2.87. The molecule has 0 fully saturated rings. The van der Waals surface area contributed by atoms with E-state index in [1.165, 1.54) is 0 Å². The zero-order valence-electron chi connectivity index (χ0n) is 16.6. The Morgan fingerprint density at radius 3 is 2.60 bits per heavy atom. The van der Waals surface area contributed by atoms with E-state index in [2.05, 4.69) is 15.5 Å². The number of Topliss-reactive ketones (excluding diaryl/α,β-unsaturated/α-hetero) is 1. The molecule has 0 saturated carbocycles. The molecule has 30 heavy (non-hydrogen) atoms. The van der Waals surface area contributed by atoms with Gasteiger partial charge in [0, 0.05) is 22.6 Å². The van der Waals surface area contributed by atoms with Gasteiger partial charge in [-0.1, -0.05) is 12.1 Å². The smallest absolute Gasteiger partial charge is 0.270 e. The summed E-state index contributed by atoms with van der Waals surface area (Å²) in [6, 6.07) is 9.71. The van der Waals surface area contributed by atoms with Crippen LogP contribution in [-0.2, 0) is 4.79 Å². The van der Waals surface area contributed by atoms with Crippen molar-refractivity contribution in [2.75, 3.05) is 19.5 Å². The Bertz CT molecular complexity index is 1210. The molecule has 1 aliphatic carbocycles. The highest BCUT2D eigenvalue weighted by molar-refractivity contribution is 7.10. The predicted octanol–water partition coefficient (Wildman–Crippen LogP) is 3.74. The predicted molar refractivity (Wildman–Crippen MR) is 115 cm³/mol. The fourth-order valence-electron chi connectivity index (χ4n) is 4.50. The van der Waals surface area contributed by atoms with Crippen molar-refractivity contribution in [3.05, 3.63) is 73.3 Å². The van der Waals surface area contributed by atoms with Crippen molar-refractivity contribution in [1.82, 2.24) is 10.2 Å². The van der Waals surface area contributed by atoms with E-state index < -0.39 is 0 Å². The maximum Gasteiger partial charge on any atom is 0.270 e. The molecule has 2 atom stereocenters. The van der Waals surface area contributed by atoms with Crippen molar-refractivity contribution < 1.29 is 14.3 Å². The molecule has 1 aliphatic heterocycles. The molecule has 0 radical (unpaired) electrons. The minimum Gasteiger partial charge on any atom is -0.493 e. The van der Waals surface area contributed by atoms with Crippen molar-refractivity contribution in [2.24, 2.45) is 0 Å². The molecule has 0 unspecified atom stereocenters. The summed E-state index contributed by atoms with van der Waals surface area (Å²) in [6.07, 6.45) is 1.06. The Labute approximate surface area is 176 Å². The number of methoxy groups -OCH3 is 2. The van der Waals surface area contributed by atoms with Crippen LogP contribution in [0.1, 0.15) is 40.7 Å². The number of hydrogen-bond acceptors (Lipinski definition) is 6. The third-order valence-electron chi connectivity index (χ3n) is 5.88. The first-order valence-corrected chi connectivity index (χ1v) is 10.6. The highest BCUT2D eigenvalue weighted by Gasteiger charge is 2.40. The average Bonchev–Trinajstić information content (AvgIpc) is 3.42. The summed E-state index contributed by atoms with van der Waals surface area (Å²) in [7, 11) is 3.21. The molecule has 7 nitrogen and oxygen atoms in total. The Morgan fingerprint density at radius 2 is 1.87 bits per heavy atom. The topological polar surface area (TPSA) is 96.2 Å². The second-order valence-corrected chi connectivity index (χ2v) is 8.46. The largest absolute Gasteiger partial charge is 0.493 e. The van der Waals surface area contributed by atoms with Gasteiger partial charge in [-0.05, 0) is 41.5 Å². The standard InChI is InChI=1S/C22H21N3O4S/c1-28-15-6-5-11(10-16(15)29-2)12-8-13-18(14(26)9-12)19(17-4-3-7-30-17)20-21(23-13)24-25-22(20)27/h3-7,10,12,19H,8-9H2,1-2H3,(H3,23,24,25,27)/t12-,19-/m0/s1. The van der Waals surface area contributed by atoms with Gasteiger partial charge in [-0.3, -0.25) is 19.8 Å². The van der Waals surface area contributed by atoms with Crippen LogP contribution in [0, 0.1) is 0 Å². The number of allylic oxidation sites excluding steroid dienone is 2. The van der Waals surface area contributed by atoms with Crippen LogP contribution in [-0.4, -0.2) is 30.2 Å². The lowest BCUT2D eigenvalue weighted by Gasteiger charge is -2.34. The molecule has 3 heterocycles. The van der Waals surface area contributed by atoms with Crippen LogP contribution in [0.25, 0.3) is 0 Å². The molecule has 2 aromatic heterocycles. The summed E-state index contributed by atoms with van der Waals surface area (Å²) in [5.41, 5.74) is 2.97. The number of thiophene rings is 1. The molecule has 5 rings (SSSR count). The zero-order chi connectivity index (χ0) is 20.8. The van der Waals surface area contributed by atoms with E-state index in [0.29, 0.717) is 41.3 Å². The summed E-state index contributed by atoms with van der Waals surface area (Å²) >= 11 is 1.56. The lowest BCUT2D eigenvalue weighted by molar-refractivity contribution is -0.116. The fraction of sp³-hybridized carbons (Fsp3) is 0.273. The van der Waals surface area contributed by atoms with Gasteiger partial charge in [0.1, 0.15) is 5.82 Å². The summed E-state index contributed by atoms with van der Waals surface area (Å²) in [4.78, 5) is 26.8. The Balaban J connectivity index is 1.57. The molecule has 3 aromatic rings. The average molecular weight is 423 g/mol. The number of ketones is 1. The third-order valence-corrected chi connectivity index (χ3v) is 6.82. The number of rotatable bonds is 4. The second kappa shape index (κ2) is 7.21. The Morgan fingerprint density at radius 1 is 1.03 bits per heavy atom. The van der Waals surface area contributed by atoms with E-state index >= 15 is 0 Å². The first-order valence-electron chi connectivity index (χ1n) is 9.69. The summed E-state index contributed by atoms with van der Waals surface area (Å²) in [5.74, 6) is 1.68. The van der Waals surface area contributed by atoms with Crippen molar-refractivity contribution in [2.45, 2.75) is 24.7 Å². The van der Waals surface area contributed by atoms with Crippen LogP contribution in [0.15, 0.2) is 51.8 Å². The van der Waals surface area contributed by atoms with Gasteiger partial charge < -0.3 is 14.8 Å². The Hall–Kier alpha value is -3.26. The van der Waals surface area contributed by atoms with Gasteiger partial charge in [0.15, 0.2) is 17.3 Å². The van der Waals surface area contributed by atoms with Gasteiger partial charge >= 0.3 is 0 Å². The summed E-state index contributed by atoms with van der Waals surface area (Å²) < 4.78 is 10.8. The van der Waals surface area contributed by atoms with Crippen molar-refractivity contribution >= 4 is 22.9 Å². The van der Waals surface area contributed by atoms with E-state index in [0.717, 1.165) is 16.1 Å². The molecule has 0 saturated heterocycles. The van der Waals surface area contributed by atoms with Gasteiger partial charge in [-0.2, -0.15) is 0 Å². The van der Waals surface area contributed by atoms with Crippen LogP contribution in [0.5, 0.6) is 11.5 Å². The zero-order valence-corrected chi connectivity index (χ0v) is 17.4. The van der Waals surface area contributed by atoms with E-state index in [1.807, 2.05) is 35.7 Å². The number of aromatic amines is 2. The number of benzene rings is 1. The highest BCUT2D eigenvalue weighted by atomic mass is 32.1. The first-order chi connectivity index (χ1) is 14.6. The van der Waals surface area contributed by atoms with Crippen molar-refractivity contribution in [3.63, 3.8) is 0 Å². The molecule has 8 heteroatoms. The molecule has 0 spiro atoms. The molecule has 0 amide bonds. The minimum absolute atomic E-state index is 0.0137. The minimum atomic E-state index is -0.342. The number of H-pyrrole nitrogens is 2. The van der Waals surface area contributed by atoms with E-state index in [9.17, 15) is 9.59 Å². The maximum atomic E-state index is 13.4. The highest BCUT2D eigenvalue weighted by Crippen LogP contribution is 2.47. The van der Waals surface area contributed by atoms with Crippen LogP contribution in [0.2, 0.25) is 0 Å². The lowest BCUT2D eigenvalue weighted by atomic mass is 9.74. The summed E-state index contributed by atoms with van der Waals surface area (Å²) in [6.45, 7) is 0. The van der Waals surface area contributed by atoms with Gasteiger partial charge in [0.05, 0.1) is 25.7 Å². The van der Waals surface area contributed by atoms with Gasteiger partial charge in [0.2, 0.25) is 0 Å². The number of carbonyl (C=O) groups is 1. The quantitative estimate of drug-likeness (QED) is 0.594. The number of aromatic nitrogens is 2. The first kappa shape index (κ1) is 18.7.